The van der Waals surface area contributed by atoms with Gasteiger partial charge in [-0.25, -0.2) is 4.68 Å². The predicted molar refractivity (Wildman–Crippen MR) is 113 cm³/mol. The van der Waals surface area contributed by atoms with Crippen molar-refractivity contribution in [2.24, 2.45) is 0 Å². The summed E-state index contributed by atoms with van der Waals surface area (Å²) in [5.41, 5.74) is 0.860. The van der Waals surface area contributed by atoms with Gasteiger partial charge in [-0.2, -0.15) is 5.10 Å². The van der Waals surface area contributed by atoms with Crippen LogP contribution in [-0.2, 0) is 11.3 Å². The molecule has 7 nitrogen and oxygen atoms in total. The van der Waals surface area contributed by atoms with E-state index in [4.69, 9.17) is 11.6 Å². The lowest BCUT2D eigenvalue weighted by atomic mass is 9.90. The van der Waals surface area contributed by atoms with Gasteiger partial charge in [-0.05, 0) is 25.0 Å². The number of nitrogens with zero attached hydrogens (tertiary/aromatic N) is 4. The summed E-state index contributed by atoms with van der Waals surface area (Å²) in [5, 5.41) is 17.3. The third kappa shape index (κ3) is 4.71. The van der Waals surface area contributed by atoms with Crippen LogP contribution in [0.1, 0.15) is 43.0 Å². The minimum absolute atomic E-state index is 0.213. The van der Waals surface area contributed by atoms with Crippen LogP contribution < -0.4 is 10.9 Å². The summed E-state index contributed by atoms with van der Waals surface area (Å²) in [6.45, 7) is -0.213. The van der Waals surface area contributed by atoms with Crippen LogP contribution in [0.3, 0.4) is 0 Å². The second-order valence-electron chi connectivity index (χ2n) is 7.02. The highest BCUT2D eigenvalue weighted by molar-refractivity contribution is 7.15. The van der Waals surface area contributed by atoms with Crippen molar-refractivity contribution in [2.75, 3.05) is 5.32 Å². The Hall–Kier alpha value is -2.58. The number of rotatable bonds is 5. The fourth-order valence-electron chi connectivity index (χ4n) is 3.47. The zero-order valence-corrected chi connectivity index (χ0v) is 17.2. The molecule has 0 atom stereocenters. The summed E-state index contributed by atoms with van der Waals surface area (Å²) in [7, 11) is 0. The molecule has 3 aromatic rings. The number of benzene rings is 1. The number of carbonyl (C=O) groups excluding carboxylic acids is 1. The summed E-state index contributed by atoms with van der Waals surface area (Å²) in [6, 6.07) is 10.2. The first-order chi connectivity index (χ1) is 14.1. The number of anilines is 1. The van der Waals surface area contributed by atoms with Crippen molar-refractivity contribution in [2.45, 2.75) is 44.6 Å². The summed E-state index contributed by atoms with van der Waals surface area (Å²) in [4.78, 5) is 24.6. The molecule has 4 rings (SSSR count). The highest BCUT2D eigenvalue weighted by Crippen LogP contribution is 2.35. The maximum absolute atomic E-state index is 12.4. The minimum atomic E-state index is -0.373. The van der Waals surface area contributed by atoms with E-state index in [-0.39, 0.29) is 18.0 Å². The zero-order valence-electron chi connectivity index (χ0n) is 15.7. The second kappa shape index (κ2) is 8.84. The molecule has 9 heteroatoms. The SMILES string of the molecule is O=C(Cn1nc(-c2ccccc2Cl)ccc1=O)Nc1nnc(C2CCCCC2)s1. The number of carbonyl (C=O) groups is 1. The first kappa shape index (κ1) is 19.7. The average Bonchev–Trinajstić information content (AvgIpc) is 3.19. The Morgan fingerprint density at radius 3 is 2.72 bits per heavy atom. The van der Waals surface area contributed by atoms with E-state index in [2.05, 4.69) is 20.6 Å². The molecular weight excluding hydrogens is 410 g/mol. The van der Waals surface area contributed by atoms with E-state index in [0.717, 1.165) is 22.5 Å². The van der Waals surface area contributed by atoms with Gasteiger partial charge in [0.15, 0.2) is 0 Å². The van der Waals surface area contributed by atoms with Gasteiger partial charge in [0.25, 0.3) is 5.56 Å². The lowest BCUT2D eigenvalue weighted by molar-refractivity contribution is -0.117. The van der Waals surface area contributed by atoms with Crippen LogP contribution in [-0.4, -0.2) is 25.9 Å². The molecule has 1 aliphatic carbocycles. The molecule has 1 fully saturated rings. The maximum atomic E-state index is 12.4. The van der Waals surface area contributed by atoms with Gasteiger partial charge in [-0.1, -0.05) is 60.4 Å². The molecule has 1 saturated carbocycles. The number of hydrogen-bond acceptors (Lipinski definition) is 6. The van der Waals surface area contributed by atoms with Crippen LogP contribution in [0.25, 0.3) is 11.3 Å². The molecule has 1 N–H and O–H groups in total. The molecule has 29 heavy (non-hydrogen) atoms. The standard InChI is InChI=1S/C20H20ClN5O2S/c21-15-9-5-4-8-14(15)16-10-11-18(28)26(25-16)12-17(27)22-20-24-23-19(29-20)13-6-2-1-3-7-13/h4-5,8-11,13H,1-3,6-7,12H2,(H,22,24,27). The maximum Gasteiger partial charge on any atom is 0.267 e. The van der Waals surface area contributed by atoms with E-state index >= 15 is 0 Å². The largest absolute Gasteiger partial charge is 0.299 e. The molecule has 2 heterocycles. The topological polar surface area (TPSA) is 89.8 Å². The summed E-state index contributed by atoms with van der Waals surface area (Å²) < 4.78 is 1.12. The van der Waals surface area contributed by atoms with E-state index in [1.807, 2.05) is 18.2 Å². The smallest absolute Gasteiger partial charge is 0.267 e. The Morgan fingerprint density at radius 1 is 1.14 bits per heavy atom. The number of hydrogen-bond donors (Lipinski definition) is 1. The lowest BCUT2D eigenvalue weighted by Gasteiger charge is -2.18. The molecular formula is C20H20ClN5O2S. The molecule has 0 aliphatic heterocycles. The van der Waals surface area contributed by atoms with E-state index < -0.39 is 0 Å². The Bertz CT molecular complexity index is 1070. The third-order valence-electron chi connectivity index (χ3n) is 4.95. The van der Waals surface area contributed by atoms with Gasteiger partial charge in [0.1, 0.15) is 11.6 Å². The Balaban J connectivity index is 1.46. The van der Waals surface area contributed by atoms with Gasteiger partial charge >= 0.3 is 0 Å². The van der Waals surface area contributed by atoms with Crippen LogP contribution in [0, 0.1) is 0 Å². The van der Waals surface area contributed by atoms with E-state index in [0.29, 0.717) is 27.3 Å². The highest BCUT2D eigenvalue weighted by Gasteiger charge is 2.20. The van der Waals surface area contributed by atoms with Crippen molar-refractivity contribution in [3.8, 4) is 11.3 Å². The van der Waals surface area contributed by atoms with E-state index in [1.165, 1.54) is 36.7 Å². The normalized spacial score (nSPS) is 14.7. The number of halogens is 1. The molecule has 1 amide bonds. The van der Waals surface area contributed by atoms with Crippen LogP contribution in [0.15, 0.2) is 41.2 Å². The van der Waals surface area contributed by atoms with Crippen molar-refractivity contribution < 1.29 is 4.79 Å². The molecule has 150 valence electrons. The van der Waals surface area contributed by atoms with Crippen molar-refractivity contribution in [1.82, 2.24) is 20.0 Å². The second-order valence-corrected chi connectivity index (χ2v) is 8.44. The van der Waals surface area contributed by atoms with Gasteiger partial charge < -0.3 is 0 Å². The van der Waals surface area contributed by atoms with Crippen LogP contribution in [0.5, 0.6) is 0 Å². The first-order valence-corrected chi connectivity index (χ1v) is 10.8. The van der Waals surface area contributed by atoms with Gasteiger partial charge in [0, 0.05) is 17.5 Å². The summed E-state index contributed by atoms with van der Waals surface area (Å²) >= 11 is 7.61. The van der Waals surface area contributed by atoms with Gasteiger partial charge in [0.2, 0.25) is 11.0 Å². The molecule has 1 aliphatic rings. The lowest BCUT2D eigenvalue weighted by Crippen LogP contribution is -2.29. The van der Waals surface area contributed by atoms with Crippen molar-refractivity contribution in [3.05, 3.63) is 56.8 Å². The van der Waals surface area contributed by atoms with Crippen LogP contribution >= 0.6 is 22.9 Å². The monoisotopic (exact) mass is 429 g/mol. The Kier molecular flexibility index (Phi) is 6.01. The predicted octanol–water partition coefficient (Wildman–Crippen LogP) is 4.10. The quantitative estimate of drug-likeness (QED) is 0.659. The molecule has 0 bridgehead atoms. The highest BCUT2D eigenvalue weighted by atomic mass is 35.5. The molecule has 1 aromatic carbocycles. The number of amides is 1. The molecule has 0 unspecified atom stereocenters. The molecule has 0 saturated heterocycles. The first-order valence-electron chi connectivity index (χ1n) is 9.56. The van der Waals surface area contributed by atoms with Crippen molar-refractivity contribution in [3.63, 3.8) is 0 Å². The number of nitrogens with one attached hydrogen (secondary N) is 1. The fourth-order valence-corrected chi connectivity index (χ4v) is 4.63. The van der Waals surface area contributed by atoms with Crippen LogP contribution in [0.4, 0.5) is 5.13 Å². The van der Waals surface area contributed by atoms with Crippen LogP contribution in [0.2, 0.25) is 5.02 Å². The fraction of sp³-hybridized carbons (Fsp3) is 0.350. The average molecular weight is 430 g/mol. The van der Waals surface area contributed by atoms with Crippen molar-refractivity contribution >= 4 is 34.0 Å². The van der Waals surface area contributed by atoms with E-state index in [9.17, 15) is 9.59 Å². The van der Waals surface area contributed by atoms with Crippen molar-refractivity contribution in [1.29, 1.82) is 0 Å². The minimum Gasteiger partial charge on any atom is -0.299 e. The molecule has 2 aromatic heterocycles. The summed E-state index contributed by atoms with van der Waals surface area (Å²) in [6.07, 6.45) is 5.94. The third-order valence-corrected chi connectivity index (χ3v) is 6.28. The van der Waals surface area contributed by atoms with E-state index in [1.54, 1.807) is 12.1 Å². The Morgan fingerprint density at radius 2 is 1.93 bits per heavy atom. The van der Waals surface area contributed by atoms with Gasteiger partial charge in [-0.15, -0.1) is 10.2 Å². The van der Waals surface area contributed by atoms with Gasteiger partial charge in [-0.3, -0.25) is 14.9 Å². The number of aromatic nitrogens is 4. The molecule has 0 spiro atoms. The Labute approximate surface area is 176 Å². The van der Waals surface area contributed by atoms with Gasteiger partial charge in [0.05, 0.1) is 10.7 Å². The summed E-state index contributed by atoms with van der Waals surface area (Å²) in [5.74, 6) is 0.0609. The molecule has 0 radical (unpaired) electrons. The zero-order chi connectivity index (χ0) is 20.2.